The summed E-state index contributed by atoms with van der Waals surface area (Å²) in [4.78, 5) is 0. The number of hydroxylamine groups is 2. The van der Waals surface area contributed by atoms with E-state index in [1.807, 2.05) is 0 Å². The third-order valence-corrected chi connectivity index (χ3v) is 11.4. The Morgan fingerprint density at radius 3 is 1.18 bits per heavy atom. The number of hydrogen-bond donors (Lipinski definition) is 1. The van der Waals surface area contributed by atoms with E-state index in [4.69, 9.17) is 14.2 Å². The number of rotatable bonds is 4. The maximum atomic E-state index is 10.2. The first-order valence-electron chi connectivity index (χ1n) is 19.4. The molecule has 6 rings (SSSR count). The number of methoxy groups -OCH3 is 2. The normalized spacial score (nSPS) is 28.2. The number of piperidine rings is 1. The van der Waals surface area contributed by atoms with Crippen molar-refractivity contribution in [1.29, 1.82) is 0 Å². The summed E-state index contributed by atoms with van der Waals surface area (Å²) in [6.45, 7) is 27.6. The highest BCUT2D eigenvalue weighted by Gasteiger charge is 2.45. The second-order valence-corrected chi connectivity index (χ2v) is 20.2. The smallest absolute Gasteiger partial charge is 0.160 e. The van der Waals surface area contributed by atoms with Gasteiger partial charge < -0.3 is 28.6 Å². The van der Waals surface area contributed by atoms with Crippen molar-refractivity contribution < 1.29 is 19.4 Å². The zero-order chi connectivity index (χ0) is 37.6. The Balaban J connectivity index is 0.000000185. The quantitative estimate of drug-likeness (QED) is 0.344. The molecule has 2 saturated heterocycles. The Morgan fingerprint density at radius 1 is 0.540 bits per heavy atom. The van der Waals surface area contributed by atoms with E-state index in [0.717, 1.165) is 25.7 Å². The molecule has 50 heavy (non-hydrogen) atoms. The summed E-state index contributed by atoms with van der Waals surface area (Å²) in [6, 6.07) is 9.56. The standard InChI is InChI=1S/C14H23N.C13H22N2O.C10H20.C6H12O3/c1-13(2)9-12(10-14(3,4)11-13)15-7-5-6-8-15;1-12(2)9-11(14-7-5-6-8-14)10-13(3,4)15(12)16;1-9(2)6-5-7-10(3,4)8-9;1-7-5-3-4-6(8-2)9-5/h5-8,12H,9-11H2,1-4H3;5-8,11,16H,9-10H2,1-4H3;5-8H2,1-4H3;5-6H,3-4H2,1-2H3. The van der Waals surface area contributed by atoms with Gasteiger partial charge in [-0.2, -0.15) is 5.06 Å². The molecule has 0 amide bonds. The minimum absolute atomic E-state index is 0.0463. The van der Waals surface area contributed by atoms with Gasteiger partial charge in [-0.05, 0) is 125 Å². The molecule has 4 heterocycles. The molecule has 2 aromatic heterocycles. The molecule has 288 valence electrons. The average Bonchev–Trinajstić information content (AvgIpc) is 3.77. The lowest BCUT2D eigenvalue weighted by Crippen LogP contribution is -2.59. The van der Waals surface area contributed by atoms with E-state index in [9.17, 15) is 5.21 Å². The third-order valence-electron chi connectivity index (χ3n) is 11.4. The van der Waals surface area contributed by atoms with Crippen LogP contribution in [0.1, 0.15) is 166 Å². The number of nitrogens with zero attached hydrogens (tertiary/aromatic N) is 3. The molecule has 2 saturated carbocycles. The van der Waals surface area contributed by atoms with E-state index in [-0.39, 0.29) is 23.7 Å². The highest BCUT2D eigenvalue weighted by atomic mass is 16.8. The molecule has 0 aromatic carbocycles. The molecule has 4 aliphatic rings. The second kappa shape index (κ2) is 17.0. The van der Waals surface area contributed by atoms with Crippen LogP contribution in [0.3, 0.4) is 0 Å². The molecule has 0 radical (unpaired) electrons. The number of hydrogen-bond acceptors (Lipinski definition) is 5. The van der Waals surface area contributed by atoms with Crippen LogP contribution in [-0.2, 0) is 14.2 Å². The van der Waals surface area contributed by atoms with Crippen LogP contribution in [0.4, 0.5) is 0 Å². The van der Waals surface area contributed by atoms with Crippen molar-refractivity contribution in [1.82, 2.24) is 14.2 Å². The first kappa shape index (κ1) is 42.8. The summed E-state index contributed by atoms with van der Waals surface area (Å²) in [5, 5.41) is 11.7. The summed E-state index contributed by atoms with van der Waals surface area (Å²) in [5.74, 6) is 0. The van der Waals surface area contributed by atoms with Crippen LogP contribution in [0, 0.1) is 21.7 Å². The predicted molar refractivity (Wildman–Crippen MR) is 207 cm³/mol. The summed E-state index contributed by atoms with van der Waals surface area (Å²) in [7, 11) is 3.28. The van der Waals surface area contributed by atoms with Crippen molar-refractivity contribution in [3.8, 4) is 0 Å². The van der Waals surface area contributed by atoms with Crippen LogP contribution in [-0.4, -0.2) is 57.3 Å². The maximum Gasteiger partial charge on any atom is 0.160 e. The lowest BCUT2D eigenvalue weighted by atomic mass is 9.63. The highest BCUT2D eigenvalue weighted by molar-refractivity contribution is 5.02. The van der Waals surface area contributed by atoms with Crippen LogP contribution in [0.25, 0.3) is 0 Å². The SMILES string of the molecule is CC1(C)CC(n2cccc2)CC(C)(C)C1.CC1(C)CC(n2cccc2)CC(C)(C)N1O.CC1(C)CCCC(C)(C)C1.COC1CCC(OC)O1. The van der Waals surface area contributed by atoms with E-state index < -0.39 is 0 Å². The van der Waals surface area contributed by atoms with E-state index in [0.29, 0.717) is 33.7 Å². The van der Waals surface area contributed by atoms with Crippen molar-refractivity contribution in [2.24, 2.45) is 21.7 Å². The zero-order valence-corrected chi connectivity index (χ0v) is 34.7. The fourth-order valence-electron chi connectivity index (χ4n) is 10.1. The van der Waals surface area contributed by atoms with E-state index in [1.54, 1.807) is 14.2 Å². The lowest BCUT2D eigenvalue weighted by molar-refractivity contribution is -0.249. The molecule has 0 spiro atoms. The van der Waals surface area contributed by atoms with Crippen LogP contribution in [0.2, 0.25) is 0 Å². The number of ether oxygens (including phenoxy) is 3. The van der Waals surface area contributed by atoms with Crippen molar-refractivity contribution >= 4 is 0 Å². The molecule has 7 heteroatoms. The summed E-state index contributed by atoms with van der Waals surface area (Å²) in [6.07, 6.45) is 22.0. The van der Waals surface area contributed by atoms with Gasteiger partial charge in [0.05, 0.1) is 0 Å². The van der Waals surface area contributed by atoms with Gasteiger partial charge in [0.15, 0.2) is 12.6 Å². The summed E-state index contributed by atoms with van der Waals surface area (Å²) < 4.78 is 19.7. The van der Waals surface area contributed by atoms with Gasteiger partial charge in [0.25, 0.3) is 0 Å². The Hall–Kier alpha value is -1.64. The van der Waals surface area contributed by atoms with E-state index in [2.05, 4.69) is 141 Å². The molecule has 2 unspecified atom stereocenters. The minimum Gasteiger partial charge on any atom is -0.356 e. The number of aromatic nitrogens is 2. The Bertz CT molecular complexity index is 1190. The summed E-state index contributed by atoms with van der Waals surface area (Å²) in [5.41, 5.74) is 1.85. The van der Waals surface area contributed by atoms with Gasteiger partial charge in [0, 0.05) is 75.0 Å². The van der Waals surface area contributed by atoms with Gasteiger partial charge in [-0.3, -0.25) is 0 Å². The van der Waals surface area contributed by atoms with Gasteiger partial charge >= 0.3 is 0 Å². The Morgan fingerprint density at radius 2 is 0.880 bits per heavy atom. The van der Waals surface area contributed by atoms with Crippen molar-refractivity contribution in [2.45, 2.75) is 189 Å². The topological polar surface area (TPSA) is 61.0 Å². The monoisotopic (exact) mass is 700 g/mol. The van der Waals surface area contributed by atoms with Crippen molar-refractivity contribution in [3.63, 3.8) is 0 Å². The molecular formula is C43H77N3O4. The van der Waals surface area contributed by atoms with Gasteiger partial charge in [-0.15, -0.1) is 0 Å². The first-order chi connectivity index (χ1) is 23.0. The van der Waals surface area contributed by atoms with Crippen molar-refractivity contribution in [2.75, 3.05) is 14.2 Å². The molecule has 4 fully saturated rings. The molecule has 0 bridgehead atoms. The fourth-order valence-corrected chi connectivity index (χ4v) is 10.1. The van der Waals surface area contributed by atoms with Gasteiger partial charge in [0.2, 0.25) is 0 Å². The molecular weight excluding hydrogens is 622 g/mol. The van der Waals surface area contributed by atoms with Gasteiger partial charge in [-0.1, -0.05) is 61.8 Å². The lowest BCUT2D eigenvalue weighted by Gasteiger charge is -2.51. The van der Waals surface area contributed by atoms with Crippen molar-refractivity contribution in [3.05, 3.63) is 49.1 Å². The van der Waals surface area contributed by atoms with Crippen LogP contribution in [0.5, 0.6) is 0 Å². The zero-order valence-electron chi connectivity index (χ0n) is 34.7. The largest absolute Gasteiger partial charge is 0.356 e. The maximum absolute atomic E-state index is 10.2. The molecule has 2 aliphatic heterocycles. The molecule has 1 N–H and O–H groups in total. The second-order valence-electron chi connectivity index (χ2n) is 20.2. The van der Waals surface area contributed by atoms with Crippen LogP contribution >= 0.6 is 0 Å². The average molecular weight is 700 g/mol. The molecule has 2 aromatic rings. The van der Waals surface area contributed by atoms with Crippen LogP contribution in [0.15, 0.2) is 49.1 Å². The van der Waals surface area contributed by atoms with E-state index >= 15 is 0 Å². The van der Waals surface area contributed by atoms with E-state index in [1.165, 1.54) is 50.0 Å². The molecule has 2 atom stereocenters. The predicted octanol–water partition coefficient (Wildman–Crippen LogP) is 11.7. The van der Waals surface area contributed by atoms with Gasteiger partial charge in [-0.25, -0.2) is 0 Å². The minimum atomic E-state index is -0.170. The van der Waals surface area contributed by atoms with Gasteiger partial charge in [0.1, 0.15) is 0 Å². The van der Waals surface area contributed by atoms with Crippen LogP contribution < -0.4 is 0 Å². The molecule has 2 aliphatic carbocycles. The Kier molecular flexibility index (Phi) is 14.5. The third kappa shape index (κ3) is 13.1. The fraction of sp³-hybridized carbons (Fsp3) is 0.814. The summed E-state index contributed by atoms with van der Waals surface area (Å²) >= 11 is 0. The highest BCUT2D eigenvalue weighted by Crippen LogP contribution is 2.50. The molecule has 7 nitrogen and oxygen atoms in total. The Labute approximate surface area is 307 Å². The first-order valence-corrected chi connectivity index (χ1v) is 19.4.